The van der Waals surface area contributed by atoms with Gasteiger partial charge in [-0.2, -0.15) is 0 Å². The number of hydrogen-bond acceptors (Lipinski definition) is 1. The summed E-state index contributed by atoms with van der Waals surface area (Å²) in [5, 5.41) is 1.01. The lowest BCUT2D eigenvalue weighted by atomic mass is 9.98. The Morgan fingerprint density at radius 2 is 1.86 bits per heavy atom. The van der Waals surface area contributed by atoms with Crippen molar-refractivity contribution >= 4 is 17.2 Å². The molecule has 2 aromatic carbocycles. The summed E-state index contributed by atoms with van der Waals surface area (Å²) in [5.74, 6) is 0.450. The van der Waals surface area contributed by atoms with Crippen LogP contribution >= 0.6 is 0 Å². The highest BCUT2D eigenvalue weighted by Crippen LogP contribution is 2.32. The zero-order valence-corrected chi connectivity index (χ0v) is 12.6. The van der Waals surface area contributed by atoms with Gasteiger partial charge in [0.05, 0.1) is 5.69 Å². The Bertz CT molecular complexity index is 812. The number of carbonyl (C=O) groups excluding carboxylic acids is 1. The monoisotopic (exact) mass is 277 g/mol. The van der Waals surface area contributed by atoms with E-state index in [1.165, 1.54) is 5.56 Å². The smallest absolute Gasteiger partial charge is 0.152 e. The van der Waals surface area contributed by atoms with Crippen molar-refractivity contribution in [2.75, 3.05) is 0 Å². The molecule has 0 atom stereocenters. The summed E-state index contributed by atoms with van der Waals surface area (Å²) in [6.45, 7) is 6.39. The number of aldehydes is 1. The molecule has 1 aromatic heterocycles. The van der Waals surface area contributed by atoms with Crippen molar-refractivity contribution in [2.45, 2.75) is 26.7 Å². The van der Waals surface area contributed by atoms with Gasteiger partial charge in [-0.05, 0) is 36.1 Å². The largest absolute Gasteiger partial charge is 0.354 e. The van der Waals surface area contributed by atoms with E-state index in [1.807, 2.05) is 12.1 Å². The molecule has 3 aromatic rings. The minimum atomic E-state index is 0.450. The average Bonchev–Trinajstić information content (AvgIpc) is 2.84. The second kappa shape index (κ2) is 5.21. The molecule has 0 aliphatic heterocycles. The maximum atomic E-state index is 11.6. The molecule has 1 N–H and O–H groups in total. The zero-order chi connectivity index (χ0) is 15.0. The molecule has 0 saturated heterocycles. The van der Waals surface area contributed by atoms with Crippen LogP contribution in [0.4, 0.5) is 0 Å². The Balaban J connectivity index is 2.30. The van der Waals surface area contributed by atoms with E-state index < -0.39 is 0 Å². The van der Waals surface area contributed by atoms with E-state index in [0.29, 0.717) is 5.92 Å². The molecule has 0 bridgehead atoms. The van der Waals surface area contributed by atoms with Gasteiger partial charge in [-0.3, -0.25) is 4.79 Å². The van der Waals surface area contributed by atoms with Crippen molar-refractivity contribution in [3.8, 4) is 11.3 Å². The van der Waals surface area contributed by atoms with Crippen LogP contribution in [-0.4, -0.2) is 11.3 Å². The highest BCUT2D eigenvalue weighted by Gasteiger charge is 2.14. The van der Waals surface area contributed by atoms with Gasteiger partial charge in [-0.15, -0.1) is 0 Å². The van der Waals surface area contributed by atoms with Crippen LogP contribution in [-0.2, 0) is 0 Å². The maximum absolute atomic E-state index is 11.6. The highest BCUT2D eigenvalue weighted by atomic mass is 16.1. The first-order valence-electron chi connectivity index (χ1n) is 7.28. The molecule has 0 spiro atoms. The van der Waals surface area contributed by atoms with E-state index in [1.54, 1.807) is 0 Å². The second-order valence-electron chi connectivity index (χ2n) is 5.81. The number of carbonyl (C=O) groups is 1. The van der Waals surface area contributed by atoms with Gasteiger partial charge in [0.15, 0.2) is 6.29 Å². The predicted molar refractivity (Wildman–Crippen MR) is 87.9 cm³/mol. The van der Waals surface area contributed by atoms with E-state index >= 15 is 0 Å². The number of nitrogens with one attached hydrogen (secondary N) is 1. The van der Waals surface area contributed by atoms with Crippen LogP contribution in [0.2, 0.25) is 0 Å². The van der Waals surface area contributed by atoms with Crippen LogP contribution in [0, 0.1) is 6.92 Å². The minimum absolute atomic E-state index is 0.450. The van der Waals surface area contributed by atoms with E-state index in [-0.39, 0.29) is 0 Å². The highest BCUT2D eigenvalue weighted by molar-refractivity contribution is 6.04. The Labute approximate surface area is 124 Å². The van der Waals surface area contributed by atoms with Crippen LogP contribution in [0.3, 0.4) is 0 Å². The van der Waals surface area contributed by atoms with Crippen molar-refractivity contribution in [3.63, 3.8) is 0 Å². The molecule has 0 aliphatic carbocycles. The van der Waals surface area contributed by atoms with E-state index in [0.717, 1.165) is 39.6 Å². The summed E-state index contributed by atoms with van der Waals surface area (Å²) >= 11 is 0. The van der Waals surface area contributed by atoms with Crippen LogP contribution in [0.1, 0.15) is 41.3 Å². The molecule has 0 amide bonds. The fraction of sp³-hybridized carbons (Fsp3) is 0.211. The summed E-state index contributed by atoms with van der Waals surface area (Å²) in [4.78, 5) is 15.1. The van der Waals surface area contributed by atoms with Gasteiger partial charge in [0.2, 0.25) is 0 Å². The zero-order valence-electron chi connectivity index (χ0n) is 12.6. The molecule has 1 heterocycles. The number of H-pyrrole nitrogens is 1. The van der Waals surface area contributed by atoms with Crippen LogP contribution in [0.25, 0.3) is 22.2 Å². The molecule has 0 saturated carbocycles. The van der Waals surface area contributed by atoms with Gasteiger partial charge in [0.1, 0.15) is 0 Å². The molecule has 3 rings (SSSR count). The van der Waals surface area contributed by atoms with Crippen LogP contribution in [0.5, 0.6) is 0 Å². The Morgan fingerprint density at radius 3 is 2.52 bits per heavy atom. The first kappa shape index (κ1) is 13.6. The van der Waals surface area contributed by atoms with Gasteiger partial charge in [-0.25, -0.2) is 0 Å². The lowest BCUT2D eigenvalue weighted by molar-refractivity contribution is 0.112. The number of aryl methyl sites for hydroxylation is 1. The van der Waals surface area contributed by atoms with Crippen molar-refractivity contribution in [1.82, 2.24) is 4.98 Å². The van der Waals surface area contributed by atoms with Crippen LogP contribution in [0.15, 0.2) is 42.5 Å². The fourth-order valence-electron chi connectivity index (χ4n) is 2.78. The lowest BCUT2D eigenvalue weighted by Crippen LogP contribution is -1.88. The van der Waals surface area contributed by atoms with Gasteiger partial charge in [0, 0.05) is 22.0 Å². The number of aromatic amines is 1. The molecule has 21 heavy (non-hydrogen) atoms. The third-order valence-corrected chi connectivity index (χ3v) is 4.06. The normalized spacial score (nSPS) is 11.2. The molecule has 106 valence electrons. The number of aromatic nitrogens is 1. The van der Waals surface area contributed by atoms with Crippen molar-refractivity contribution < 1.29 is 4.79 Å². The summed E-state index contributed by atoms with van der Waals surface area (Å²) in [6.07, 6.45) is 0.963. The van der Waals surface area contributed by atoms with Gasteiger partial charge in [-0.1, -0.05) is 44.2 Å². The van der Waals surface area contributed by atoms with Crippen molar-refractivity contribution in [3.05, 3.63) is 59.2 Å². The second-order valence-corrected chi connectivity index (χ2v) is 5.81. The van der Waals surface area contributed by atoms with Gasteiger partial charge < -0.3 is 4.98 Å². The standard InChI is InChI=1S/C19H19NO/c1-12(2)14-8-9-18-16(10-14)17(11-21)19(20-18)15-7-5-4-6-13(15)3/h4-12,20H,1-3H3. The first-order chi connectivity index (χ1) is 10.1. The molecule has 0 unspecified atom stereocenters. The third-order valence-electron chi connectivity index (χ3n) is 4.06. The number of fused-ring (bicyclic) bond motifs is 1. The SMILES string of the molecule is Cc1ccccc1-c1[nH]c2ccc(C(C)C)cc2c1C=O. The Morgan fingerprint density at radius 1 is 1.10 bits per heavy atom. The minimum Gasteiger partial charge on any atom is -0.354 e. The molecule has 2 heteroatoms. The number of benzene rings is 2. The molecule has 2 nitrogen and oxygen atoms in total. The predicted octanol–water partition coefficient (Wildman–Crippen LogP) is 5.08. The van der Waals surface area contributed by atoms with E-state index in [4.69, 9.17) is 0 Å². The Hall–Kier alpha value is -2.35. The quantitative estimate of drug-likeness (QED) is 0.665. The lowest BCUT2D eigenvalue weighted by Gasteiger charge is -2.05. The summed E-state index contributed by atoms with van der Waals surface area (Å²) in [6, 6.07) is 14.5. The molecule has 0 fully saturated rings. The molecular formula is C19H19NO. The summed E-state index contributed by atoms with van der Waals surface area (Å²) < 4.78 is 0. The van der Waals surface area contributed by atoms with E-state index in [9.17, 15) is 4.79 Å². The first-order valence-corrected chi connectivity index (χ1v) is 7.28. The van der Waals surface area contributed by atoms with E-state index in [2.05, 4.69) is 56.1 Å². The summed E-state index contributed by atoms with van der Waals surface area (Å²) in [7, 11) is 0. The fourth-order valence-corrected chi connectivity index (χ4v) is 2.78. The molecule has 0 radical (unpaired) electrons. The van der Waals surface area contributed by atoms with Gasteiger partial charge >= 0.3 is 0 Å². The maximum Gasteiger partial charge on any atom is 0.152 e. The Kier molecular flexibility index (Phi) is 3.38. The molecular weight excluding hydrogens is 258 g/mol. The van der Waals surface area contributed by atoms with Crippen molar-refractivity contribution in [2.24, 2.45) is 0 Å². The topological polar surface area (TPSA) is 32.9 Å². The number of rotatable bonds is 3. The van der Waals surface area contributed by atoms with Crippen molar-refractivity contribution in [1.29, 1.82) is 0 Å². The number of hydrogen-bond donors (Lipinski definition) is 1. The average molecular weight is 277 g/mol. The summed E-state index contributed by atoms with van der Waals surface area (Å²) in [5.41, 5.74) is 6.18. The van der Waals surface area contributed by atoms with Gasteiger partial charge in [0.25, 0.3) is 0 Å². The van der Waals surface area contributed by atoms with Crippen LogP contribution < -0.4 is 0 Å². The molecule has 0 aliphatic rings. The third kappa shape index (κ3) is 2.27.